The van der Waals surface area contributed by atoms with Crippen molar-refractivity contribution in [3.05, 3.63) is 40.6 Å². The van der Waals surface area contributed by atoms with E-state index >= 15 is 0 Å². The number of carbonyl (C=O) groups excluding carboxylic acids is 1. The molecule has 0 spiro atoms. The molecule has 2 amide bonds. The van der Waals surface area contributed by atoms with E-state index < -0.39 is 16.1 Å². The van der Waals surface area contributed by atoms with Gasteiger partial charge >= 0.3 is 6.03 Å². The third kappa shape index (κ3) is 2.56. The lowest BCUT2D eigenvalue weighted by Gasteiger charge is -2.16. The van der Waals surface area contributed by atoms with E-state index in [2.05, 4.69) is 21.6 Å². The minimum Gasteiger partial charge on any atom is -0.307 e. The standard InChI is InChI=1S/C16H18N4O3S/c21-16(20-24(22,23)14-7-8-17-19-14)18-15-12-5-1-3-10(12)9-11-4-2-6-13(11)15/h7-9H,1-6H2,(H,17,19)(H2,18,20,21). The summed E-state index contributed by atoms with van der Waals surface area (Å²) < 4.78 is 26.2. The smallest absolute Gasteiger partial charge is 0.307 e. The third-order valence-corrected chi connectivity index (χ3v) is 5.92. The first-order chi connectivity index (χ1) is 11.5. The van der Waals surface area contributed by atoms with Crippen molar-refractivity contribution in [1.29, 1.82) is 0 Å². The minimum absolute atomic E-state index is 0.207. The van der Waals surface area contributed by atoms with E-state index in [9.17, 15) is 13.2 Å². The second kappa shape index (κ2) is 5.62. The normalized spacial score (nSPS) is 15.8. The number of aromatic nitrogens is 2. The second-order valence-electron chi connectivity index (χ2n) is 6.21. The molecule has 2 aromatic rings. The summed E-state index contributed by atoms with van der Waals surface area (Å²) in [5.74, 6) is 0. The van der Waals surface area contributed by atoms with E-state index in [-0.39, 0.29) is 5.03 Å². The van der Waals surface area contributed by atoms with Gasteiger partial charge in [0.2, 0.25) is 0 Å². The quantitative estimate of drug-likeness (QED) is 0.789. The van der Waals surface area contributed by atoms with Crippen molar-refractivity contribution in [2.75, 3.05) is 5.32 Å². The first kappa shape index (κ1) is 15.2. The molecule has 1 aromatic carbocycles. The zero-order valence-electron chi connectivity index (χ0n) is 13.1. The Morgan fingerprint density at radius 2 is 1.75 bits per heavy atom. The zero-order valence-corrected chi connectivity index (χ0v) is 13.9. The number of nitrogens with zero attached hydrogens (tertiary/aromatic N) is 1. The van der Waals surface area contributed by atoms with Gasteiger partial charge in [-0.1, -0.05) is 6.07 Å². The fourth-order valence-electron chi connectivity index (χ4n) is 3.68. The number of aromatic amines is 1. The van der Waals surface area contributed by atoms with Gasteiger partial charge in [-0.3, -0.25) is 5.10 Å². The highest BCUT2D eigenvalue weighted by atomic mass is 32.2. The van der Waals surface area contributed by atoms with Crippen LogP contribution < -0.4 is 10.0 Å². The van der Waals surface area contributed by atoms with Crippen molar-refractivity contribution >= 4 is 21.7 Å². The summed E-state index contributed by atoms with van der Waals surface area (Å²) in [6.45, 7) is 0. The van der Waals surface area contributed by atoms with Crippen LogP contribution in [0.3, 0.4) is 0 Å². The highest BCUT2D eigenvalue weighted by Crippen LogP contribution is 2.38. The number of hydrogen-bond donors (Lipinski definition) is 3. The maximum Gasteiger partial charge on any atom is 0.333 e. The van der Waals surface area contributed by atoms with Crippen LogP contribution in [0.2, 0.25) is 0 Å². The number of carbonyl (C=O) groups is 1. The van der Waals surface area contributed by atoms with E-state index in [1.807, 2.05) is 4.72 Å². The molecule has 3 N–H and O–H groups in total. The van der Waals surface area contributed by atoms with Gasteiger partial charge in [-0.05, 0) is 66.8 Å². The first-order valence-electron chi connectivity index (χ1n) is 8.05. The lowest BCUT2D eigenvalue weighted by Crippen LogP contribution is -2.35. The Labute approximate surface area is 139 Å². The van der Waals surface area contributed by atoms with Gasteiger partial charge in [-0.25, -0.2) is 9.52 Å². The van der Waals surface area contributed by atoms with E-state index in [1.165, 1.54) is 23.4 Å². The molecule has 1 aromatic heterocycles. The summed E-state index contributed by atoms with van der Waals surface area (Å²) >= 11 is 0. The van der Waals surface area contributed by atoms with Crippen molar-refractivity contribution in [3.63, 3.8) is 0 Å². The molecule has 7 nitrogen and oxygen atoms in total. The fraction of sp³-hybridized carbons (Fsp3) is 0.375. The average Bonchev–Trinajstić information content (AvgIpc) is 3.27. The minimum atomic E-state index is -3.97. The number of rotatable bonds is 3. The van der Waals surface area contributed by atoms with Crippen LogP contribution in [-0.2, 0) is 35.7 Å². The van der Waals surface area contributed by atoms with Crippen molar-refractivity contribution < 1.29 is 13.2 Å². The molecule has 24 heavy (non-hydrogen) atoms. The van der Waals surface area contributed by atoms with Crippen LogP contribution in [0.15, 0.2) is 23.4 Å². The summed E-state index contributed by atoms with van der Waals surface area (Å²) in [6.07, 6.45) is 7.41. The number of benzene rings is 1. The summed E-state index contributed by atoms with van der Waals surface area (Å²) in [7, 11) is -3.97. The molecule has 0 unspecified atom stereocenters. The lowest BCUT2D eigenvalue weighted by atomic mass is 9.99. The number of H-pyrrole nitrogens is 1. The van der Waals surface area contributed by atoms with E-state index in [4.69, 9.17) is 0 Å². The van der Waals surface area contributed by atoms with Crippen molar-refractivity contribution in [2.24, 2.45) is 0 Å². The van der Waals surface area contributed by atoms with Gasteiger partial charge < -0.3 is 5.32 Å². The van der Waals surface area contributed by atoms with E-state index in [1.54, 1.807) is 0 Å². The van der Waals surface area contributed by atoms with Crippen LogP contribution in [0.5, 0.6) is 0 Å². The summed E-state index contributed by atoms with van der Waals surface area (Å²) in [4.78, 5) is 12.3. The molecular weight excluding hydrogens is 328 g/mol. The molecule has 1 heterocycles. The molecule has 126 valence electrons. The first-order valence-corrected chi connectivity index (χ1v) is 9.53. The Morgan fingerprint density at radius 3 is 2.33 bits per heavy atom. The van der Waals surface area contributed by atoms with Crippen molar-refractivity contribution in [2.45, 2.75) is 43.6 Å². The predicted octanol–water partition coefficient (Wildman–Crippen LogP) is 1.90. The number of urea groups is 1. The van der Waals surface area contributed by atoms with Gasteiger partial charge in [-0.15, -0.1) is 0 Å². The number of aryl methyl sites for hydroxylation is 2. The Hall–Kier alpha value is -2.35. The second-order valence-corrected chi connectivity index (χ2v) is 7.84. The maximum atomic E-state index is 12.3. The molecule has 0 fully saturated rings. The molecular formula is C16H18N4O3S. The van der Waals surface area contributed by atoms with Gasteiger partial charge in [0.1, 0.15) is 0 Å². The number of fused-ring (bicyclic) bond motifs is 2. The molecule has 8 heteroatoms. The molecule has 2 aliphatic rings. The van der Waals surface area contributed by atoms with Gasteiger partial charge in [0.05, 0.1) is 0 Å². The van der Waals surface area contributed by atoms with Crippen LogP contribution in [0.4, 0.5) is 10.5 Å². The molecule has 0 radical (unpaired) electrons. The van der Waals surface area contributed by atoms with Crippen LogP contribution >= 0.6 is 0 Å². The molecule has 0 bridgehead atoms. The van der Waals surface area contributed by atoms with Gasteiger partial charge in [-0.2, -0.15) is 13.5 Å². The van der Waals surface area contributed by atoms with Gasteiger partial charge in [0.15, 0.2) is 5.03 Å². The topological polar surface area (TPSA) is 104 Å². The van der Waals surface area contributed by atoms with Crippen LogP contribution in [0, 0.1) is 0 Å². The monoisotopic (exact) mass is 346 g/mol. The fourth-order valence-corrected chi connectivity index (χ4v) is 4.50. The molecule has 0 saturated carbocycles. The SMILES string of the molecule is O=C(Nc1c2c(cc3c1CCC3)CCC2)NS(=O)(=O)c1cc[nH]n1. The number of amides is 2. The largest absolute Gasteiger partial charge is 0.333 e. The molecule has 0 aliphatic heterocycles. The van der Waals surface area contributed by atoms with Gasteiger partial charge in [0.25, 0.3) is 10.0 Å². The summed E-state index contributed by atoms with van der Waals surface area (Å²) in [5, 5.41) is 8.62. The highest BCUT2D eigenvalue weighted by molar-refractivity contribution is 7.90. The summed E-state index contributed by atoms with van der Waals surface area (Å²) in [6, 6.07) is 2.81. The van der Waals surface area contributed by atoms with Crippen molar-refractivity contribution in [3.8, 4) is 0 Å². The molecule has 4 rings (SSSR count). The average molecular weight is 346 g/mol. The van der Waals surface area contributed by atoms with Gasteiger partial charge in [0, 0.05) is 11.9 Å². The highest BCUT2D eigenvalue weighted by Gasteiger charge is 2.26. The maximum absolute atomic E-state index is 12.3. The number of hydrogen-bond acceptors (Lipinski definition) is 4. The van der Waals surface area contributed by atoms with E-state index in [0.29, 0.717) is 0 Å². The Morgan fingerprint density at radius 1 is 1.08 bits per heavy atom. The zero-order chi connectivity index (χ0) is 16.7. The Kier molecular flexibility index (Phi) is 3.56. The van der Waals surface area contributed by atoms with Crippen molar-refractivity contribution in [1.82, 2.24) is 14.9 Å². The number of nitrogens with one attached hydrogen (secondary N) is 3. The van der Waals surface area contributed by atoms with Crippen LogP contribution in [0.25, 0.3) is 0 Å². The van der Waals surface area contributed by atoms with Crippen LogP contribution in [-0.4, -0.2) is 24.6 Å². The third-order valence-electron chi connectivity index (χ3n) is 4.69. The molecule has 0 atom stereocenters. The number of anilines is 1. The molecule has 0 saturated heterocycles. The van der Waals surface area contributed by atoms with E-state index in [0.717, 1.165) is 55.3 Å². The Bertz CT molecular complexity index is 872. The summed E-state index contributed by atoms with van der Waals surface area (Å²) in [5.41, 5.74) is 5.68. The molecule has 2 aliphatic carbocycles. The predicted molar refractivity (Wildman–Crippen MR) is 88.4 cm³/mol. The van der Waals surface area contributed by atoms with Crippen LogP contribution in [0.1, 0.15) is 35.1 Å². The number of sulfonamides is 1. The Balaban J connectivity index is 1.61. The lowest BCUT2D eigenvalue weighted by molar-refractivity contribution is 0.256.